The quantitative estimate of drug-likeness (QED) is 0.440. The number of hydroxylamine groups is 2. The number of benzene rings is 1. The standard InChI is InChI=1S/C21H28N4O2/c1-15(2)19-20-21(16-10-7-8-11-17(16)23-19)25(14-22-20)13-9-5-6-12-18(26)24(3)27-4/h7-8,10-11,14-15H,5-6,9,12-13H2,1-4H3. The molecule has 0 radical (unpaired) electrons. The number of nitrogens with zero attached hydrogens (tertiary/aromatic N) is 4. The maximum absolute atomic E-state index is 11.8. The first-order chi connectivity index (χ1) is 13.0. The van der Waals surface area contributed by atoms with Crippen LogP contribution in [0.15, 0.2) is 30.6 Å². The molecule has 0 bridgehead atoms. The lowest BCUT2D eigenvalue weighted by atomic mass is 10.1. The predicted molar refractivity (Wildman–Crippen MR) is 107 cm³/mol. The zero-order valence-electron chi connectivity index (χ0n) is 16.6. The maximum Gasteiger partial charge on any atom is 0.245 e. The highest BCUT2D eigenvalue weighted by molar-refractivity contribution is 6.03. The molecule has 0 saturated carbocycles. The summed E-state index contributed by atoms with van der Waals surface area (Å²) in [5.41, 5.74) is 4.24. The average Bonchev–Trinajstić information content (AvgIpc) is 3.10. The SMILES string of the molecule is CON(C)C(=O)CCCCCn1cnc2c(C(C)C)nc3ccccc3c21. The van der Waals surface area contributed by atoms with Gasteiger partial charge in [0.2, 0.25) is 5.91 Å². The first-order valence-corrected chi connectivity index (χ1v) is 9.57. The average molecular weight is 368 g/mol. The molecule has 0 fully saturated rings. The molecule has 144 valence electrons. The van der Waals surface area contributed by atoms with Crippen LogP contribution in [0.3, 0.4) is 0 Å². The molecule has 0 aliphatic heterocycles. The molecule has 3 rings (SSSR count). The zero-order valence-corrected chi connectivity index (χ0v) is 16.6. The topological polar surface area (TPSA) is 60.2 Å². The van der Waals surface area contributed by atoms with Gasteiger partial charge in [-0.3, -0.25) is 14.6 Å². The molecule has 0 saturated heterocycles. The van der Waals surface area contributed by atoms with E-state index < -0.39 is 0 Å². The van der Waals surface area contributed by atoms with E-state index in [1.165, 1.54) is 17.7 Å². The molecule has 1 aromatic carbocycles. The Hall–Kier alpha value is -2.47. The Morgan fingerprint density at radius 1 is 1.22 bits per heavy atom. The van der Waals surface area contributed by atoms with E-state index in [0.717, 1.165) is 47.9 Å². The number of aromatic nitrogens is 3. The Morgan fingerprint density at radius 3 is 2.74 bits per heavy atom. The number of aryl methyl sites for hydroxylation is 1. The van der Waals surface area contributed by atoms with Gasteiger partial charge in [0.1, 0.15) is 5.52 Å². The largest absolute Gasteiger partial charge is 0.330 e. The van der Waals surface area contributed by atoms with E-state index in [1.807, 2.05) is 18.5 Å². The Bertz CT molecular complexity index is 932. The zero-order chi connectivity index (χ0) is 19.4. The van der Waals surface area contributed by atoms with Crippen molar-refractivity contribution in [3.8, 4) is 0 Å². The minimum Gasteiger partial charge on any atom is -0.330 e. The summed E-state index contributed by atoms with van der Waals surface area (Å²) < 4.78 is 2.23. The fourth-order valence-electron chi connectivity index (χ4n) is 3.37. The van der Waals surface area contributed by atoms with E-state index in [-0.39, 0.29) is 5.91 Å². The molecule has 0 atom stereocenters. The summed E-state index contributed by atoms with van der Waals surface area (Å²) >= 11 is 0. The van der Waals surface area contributed by atoms with Gasteiger partial charge in [-0.15, -0.1) is 0 Å². The third kappa shape index (κ3) is 4.11. The molecule has 0 aliphatic carbocycles. The van der Waals surface area contributed by atoms with Gasteiger partial charge in [-0.1, -0.05) is 38.5 Å². The molecule has 6 nitrogen and oxygen atoms in total. The number of imidazole rings is 1. The first kappa shape index (κ1) is 19.3. The van der Waals surface area contributed by atoms with Gasteiger partial charge in [0, 0.05) is 25.4 Å². The summed E-state index contributed by atoms with van der Waals surface area (Å²) in [6, 6.07) is 8.26. The molecule has 2 aromatic heterocycles. The second-order valence-electron chi connectivity index (χ2n) is 7.19. The van der Waals surface area contributed by atoms with Crippen LogP contribution in [0.5, 0.6) is 0 Å². The van der Waals surface area contributed by atoms with Crippen LogP contribution >= 0.6 is 0 Å². The molecule has 3 aromatic rings. The molecule has 0 N–H and O–H groups in total. The van der Waals surface area contributed by atoms with E-state index in [9.17, 15) is 4.79 Å². The summed E-state index contributed by atoms with van der Waals surface area (Å²) in [6.45, 7) is 5.20. The minimum absolute atomic E-state index is 0.0178. The minimum atomic E-state index is 0.0178. The number of fused-ring (bicyclic) bond motifs is 3. The number of hydrogen-bond acceptors (Lipinski definition) is 4. The Morgan fingerprint density at radius 2 is 2.00 bits per heavy atom. The number of rotatable bonds is 8. The van der Waals surface area contributed by atoms with Crippen LogP contribution in [0, 0.1) is 0 Å². The number of amides is 1. The van der Waals surface area contributed by atoms with Gasteiger partial charge >= 0.3 is 0 Å². The van der Waals surface area contributed by atoms with Crippen molar-refractivity contribution in [1.82, 2.24) is 19.6 Å². The summed E-state index contributed by atoms with van der Waals surface area (Å²) in [4.78, 5) is 26.2. The lowest BCUT2D eigenvalue weighted by Crippen LogP contribution is -2.24. The molecule has 1 amide bonds. The number of carbonyl (C=O) groups excluding carboxylic acids is 1. The summed E-state index contributed by atoms with van der Waals surface area (Å²) in [7, 11) is 3.15. The van der Waals surface area contributed by atoms with Crippen LogP contribution < -0.4 is 0 Å². The highest BCUT2D eigenvalue weighted by Crippen LogP contribution is 2.29. The highest BCUT2D eigenvalue weighted by atomic mass is 16.7. The van der Waals surface area contributed by atoms with Gasteiger partial charge < -0.3 is 4.57 Å². The van der Waals surface area contributed by atoms with Gasteiger partial charge in [-0.25, -0.2) is 10.0 Å². The predicted octanol–water partition coefficient (Wildman–Crippen LogP) is 4.29. The first-order valence-electron chi connectivity index (χ1n) is 9.57. The van der Waals surface area contributed by atoms with E-state index in [2.05, 4.69) is 35.5 Å². The molecule has 27 heavy (non-hydrogen) atoms. The molecule has 0 spiro atoms. The monoisotopic (exact) mass is 368 g/mol. The molecule has 6 heteroatoms. The van der Waals surface area contributed by atoms with Crippen LogP contribution in [0.4, 0.5) is 0 Å². The fourth-order valence-corrected chi connectivity index (χ4v) is 3.37. The van der Waals surface area contributed by atoms with Crippen molar-refractivity contribution in [2.45, 2.75) is 52.0 Å². The fraction of sp³-hybridized carbons (Fsp3) is 0.476. The van der Waals surface area contributed by atoms with Crippen molar-refractivity contribution < 1.29 is 9.63 Å². The van der Waals surface area contributed by atoms with Crippen LogP contribution in [-0.4, -0.2) is 39.7 Å². The lowest BCUT2D eigenvalue weighted by molar-refractivity contribution is -0.168. The number of para-hydroxylation sites is 1. The Balaban J connectivity index is 1.75. The van der Waals surface area contributed by atoms with Gasteiger partial charge in [0.05, 0.1) is 30.2 Å². The molecule has 0 unspecified atom stereocenters. The van der Waals surface area contributed by atoms with Crippen LogP contribution in [0.1, 0.15) is 51.1 Å². The second kappa shape index (κ2) is 8.48. The van der Waals surface area contributed by atoms with E-state index in [0.29, 0.717) is 12.3 Å². The van der Waals surface area contributed by atoms with Crippen molar-refractivity contribution in [3.63, 3.8) is 0 Å². The van der Waals surface area contributed by atoms with Gasteiger partial charge in [-0.2, -0.15) is 0 Å². The van der Waals surface area contributed by atoms with E-state index in [4.69, 9.17) is 9.82 Å². The lowest BCUT2D eigenvalue weighted by Gasteiger charge is -2.13. The van der Waals surface area contributed by atoms with Gasteiger partial charge in [-0.05, 0) is 24.8 Å². The smallest absolute Gasteiger partial charge is 0.245 e. The molecular formula is C21H28N4O2. The van der Waals surface area contributed by atoms with Crippen molar-refractivity contribution >= 4 is 27.8 Å². The summed E-state index contributed by atoms with van der Waals surface area (Å²) in [6.07, 6.45) is 5.29. The number of pyridine rings is 1. The number of unbranched alkanes of at least 4 members (excludes halogenated alkanes) is 2. The third-order valence-corrected chi connectivity index (χ3v) is 4.94. The van der Waals surface area contributed by atoms with Crippen molar-refractivity contribution in [1.29, 1.82) is 0 Å². The van der Waals surface area contributed by atoms with E-state index in [1.54, 1.807) is 7.05 Å². The van der Waals surface area contributed by atoms with Gasteiger partial charge in [0.15, 0.2) is 0 Å². The Labute approximate surface area is 160 Å². The van der Waals surface area contributed by atoms with Crippen molar-refractivity contribution in [2.24, 2.45) is 0 Å². The number of hydrogen-bond donors (Lipinski definition) is 0. The molecular weight excluding hydrogens is 340 g/mol. The summed E-state index contributed by atoms with van der Waals surface area (Å²) in [5, 5.41) is 2.43. The maximum atomic E-state index is 11.8. The second-order valence-corrected chi connectivity index (χ2v) is 7.19. The third-order valence-electron chi connectivity index (χ3n) is 4.94. The number of carbonyl (C=O) groups is 1. The molecule has 0 aliphatic rings. The molecule has 2 heterocycles. The van der Waals surface area contributed by atoms with Crippen LogP contribution in [0.25, 0.3) is 21.9 Å². The van der Waals surface area contributed by atoms with E-state index >= 15 is 0 Å². The summed E-state index contributed by atoms with van der Waals surface area (Å²) in [5.74, 6) is 0.341. The normalized spacial score (nSPS) is 11.6. The van der Waals surface area contributed by atoms with Crippen molar-refractivity contribution in [2.75, 3.05) is 14.2 Å². The van der Waals surface area contributed by atoms with Crippen molar-refractivity contribution in [3.05, 3.63) is 36.3 Å². The Kier molecular flexibility index (Phi) is 6.06. The highest BCUT2D eigenvalue weighted by Gasteiger charge is 2.15. The van der Waals surface area contributed by atoms with Gasteiger partial charge in [0.25, 0.3) is 0 Å². The van der Waals surface area contributed by atoms with Crippen LogP contribution in [-0.2, 0) is 16.2 Å². The van der Waals surface area contributed by atoms with Crippen LogP contribution in [0.2, 0.25) is 0 Å².